The Morgan fingerprint density at radius 1 is 1.24 bits per heavy atom. The van der Waals surface area contributed by atoms with Gasteiger partial charge in [-0.1, -0.05) is 26.2 Å². The van der Waals surface area contributed by atoms with E-state index in [0.29, 0.717) is 24.9 Å². The summed E-state index contributed by atoms with van der Waals surface area (Å²) in [5, 5.41) is 3.81. The van der Waals surface area contributed by atoms with Crippen LogP contribution in [0.15, 0.2) is 0 Å². The van der Waals surface area contributed by atoms with Crippen LogP contribution in [0.2, 0.25) is 0 Å². The zero-order chi connectivity index (χ0) is 20.5. The molecule has 3 saturated heterocycles. The molecule has 0 bridgehead atoms. The summed E-state index contributed by atoms with van der Waals surface area (Å²) in [5.41, 5.74) is 6.71. The van der Waals surface area contributed by atoms with Crippen LogP contribution in [-0.4, -0.2) is 55.0 Å². The molecule has 4 rings (SSSR count). The van der Waals surface area contributed by atoms with Crippen molar-refractivity contribution >= 4 is 11.9 Å². The second kappa shape index (κ2) is 8.90. The van der Waals surface area contributed by atoms with E-state index in [1.807, 2.05) is 11.8 Å². The number of quaternary nitrogens is 1. The highest BCUT2D eigenvalue weighted by molar-refractivity contribution is 5.82. The molecule has 164 valence electrons. The number of carbonyl (C=O) groups excluding carboxylic acids is 2. The Morgan fingerprint density at radius 2 is 2.00 bits per heavy atom. The van der Waals surface area contributed by atoms with Crippen molar-refractivity contribution in [1.29, 1.82) is 0 Å². The Hall–Kier alpha value is -1.18. The Morgan fingerprint density at radius 3 is 2.72 bits per heavy atom. The van der Waals surface area contributed by atoms with Crippen molar-refractivity contribution in [3.05, 3.63) is 0 Å². The fourth-order valence-electron chi connectivity index (χ4n) is 6.22. The molecule has 7 unspecified atom stereocenters. The van der Waals surface area contributed by atoms with Crippen molar-refractivity contribution in [2.45, 2.75) is 83.7 Å². The first kappa shape index (κ1) is 21.1. The molecule has 4 aliphatic rings. The van der Waals surface area contributed by atoms with Gasteiger partial charge in [0.2, 0.25) is 5.91 Å². The lowest BCUT2D eigenvalue weighted by atomic mass is 9.79. The van der Waals surface area contributed by atoms with Crippen molar-refractivity contribution in [3.63, 3.8) is 0 Å². The summed E-state index contributed by atoms with van der Waals surface area (Å²) in [6.07, 6.45) is 8.82. The molecule has 0 aromatic rings. The van der Waals surface area contributed by atoms with Gasteiger partial charge in [-0.3, -0.25) is 15.3 Å². The van der Waals surface area contributed by atoms with Crippen LogP contribution < -0.4 is 16.0 Å². The number of ether oxygens (including phenoxy) is 1. The first-order valence-electron chi connectivity index (χ1n) is 11.8. The van der Waals surface area contributed by atoms with Crippen LogP contribution in [0, 0.1) is 23.7 Å². The lowest BCUT2D eigenvalue weighted by Gasteiger charge is -2.53. The molecule has 7 atom stereocenters. The van der Waals surface area contributed by atoms with Crippen molar-refractivity contribution < 1.29 is 19.2 Å². The van der Waals surface area contributed by atoms with Crippen LogP contribution in [0.1, 0.15) is 65.2 Å². The van der Waals surface area contributed by atoms with Crippen molar-refractivity contribution in [2.75, 3.05) is 19.7 Å². The van der Waals surface area contributed by atoms with E-state index in [1.54, 1.807) is 0 Å². The molecule has 4 N–H and O–H groups in total. The number of piperidine rings is 2. The summed E-state index contributed by atoms with van der Waals surface area (Å²) in [7, 11) is 0. The van der Waals surface area contributed by atoms with E-state index in [4.69, 9.17) is 10.5 Å². The lowest BCUT2D eigenvalue weighted by molar-refractivity contribution is -0.968. The SMILES string of the molecule is CCOC(=O)C1CC2C(=O)N3CC(C)CCC3NC2[NH+](CC2CCCCC2)C1N. The monoisotopic (exact) mass is 407 g/mol. The third-order valence-corrected chi connectivity index (χ3v) is 7.80. The maximum absolute atomic E-state index is 13.5. The summed E-state index contributed by atoms with van der Waals surface area (Å²) < 4.78 is 5.35. The van der Waals surface area contributed by atoms with Gasteiger partial charge in [-0.05, 0) is 44.9 Å². The molecule has 3 aliphatic heterocycles. The number of nitrogens with one attached hydrogen (secondary N) is 2. The van der Waals surface area contributed by atoms with Gasteiger partial charge >= 0.3 is 5.97 Å². The maximum atomic E-state index is 13.5. The number of nitrogens with zero attached hydrogens (tertiary/aromatic N) is 1. The van der Waals surface area contributed by atoms with Gasteiger partial charge < -0.3 is 14.5 Å². The van der Waals surface area contributed by atoms with Gasteiger partial charge in [0.1, 0.15) is 11.8 Å². The smallest absolute Gasteiger partial charge is 0.316 e. The zero-order valence-electron chi connectivity index (χ0n) is 18.1. The first-order valence-corrected chi connectivity index (χ1v) is 11.8. The summed E-state index contributed by atoms with van der Waals surface area (Å²) in [5.74, 6) is 0.552. The van der Waals surface area contributed by atoms with E-state index < -0.39 is 5.92 Å². The van der Waals surface area contributed by atoms with Gasteiger partial charge in [0, 0.05) is 12.5 Å². The fraction of sp³-hybridized carbons (Fsp3) is 0.909. The topological polar surface area (TPSA) is 89.1 Å². The first-order chi connectivity index (χ1) is 14.0. The minimum absolute atomic E-state index is 0.0137. The number of rotatable bonds is 4. The largest absolute Gasteiger partial charge is 0.466 e. The second-order valence-electron chi connectivity index (χ2n) is 9.84. The normalized spacial score (nSPS) is 40.9. The molecular formula is C22H39N4O3+. The quantitative estimate of drug-likeness (QED) is 0.589. The van der Waals surface area contributed by atoms with Gasteiger partial charge in [0.15, 0.2) is 12.3 Å². The molecule has 0 spiro atoms. The zero-order valence-corrected chi connectivity index (χ0v) is 18.1. The number of esters is 1. The molecule has 0 radical (unpaired) electrons. The van der Waals surface area contributed by atoms with Gasteiger partial charge in [0.25, 0.3) is 0 Å². The Labute approximate surface area is 174 Å². The van der Waals surface area contributed by atoms with Crippen LogP contribution in [0.3, 0.4) is 0 Å². The van der Waals surface area contributed by atoms with Crippen molar-refractivity contribution in [2.24, 2.45) is 29.4 Å². The fourth-order valence-corrected chi connectivity index (χ4v) is 6.22. The standard InChI is InChI=1S/C22H38N4O3/c1-3-29-22(28)16-11-17-20(24-18-10-9-14(2)12-25(18)21(17)27)26(19(16)23)13-15-7-5-4-6-8-15/h14-20,24H,3-13,23H2,1-2H3/p+1. The van der Waals surface area contributed by atoms with Crippen LogP contribution in [0.25, 0.3) is 0 Å². The van der Waals surface area contributed by atoms with Gasteiger partial charge in [-0.25, -0.2) is 5.32 Å². The number of carbonyl (C=O) groups is 2. The third kappa shape index (κ3) is 4.19. The number of fused-ring (bicyclic) bond motifs is 2. The molecule has 0 aromatic heterocycles. The average Bonchev–Trinajstić information content (AvgIpc) is 2.72. The highest BCUT2D eigenvalue weighted by Crippen LogP contribution is 2.32. The highest BCUT2D eigenvalue weighted by Gasteiger charge is 2.56. The van der Waals surface area contributed by atoms with E-state index >= 15 is 0 Å². The Balaban J connectivity index is 1.58. The molecular weight excluding hydrogens is 368 g/mol. The molecule has 29 heavy (non-hydrogen) atoms. The molecule has 4 fully saturated rings. The third-order valence-electron chi connectivity index (χ3n) is 7.80. The summed E-state index contributed by atoms with van der Waals surface area (Å²) in [6.45, 7) is 6.16. The van der Waals surface area contributed by atoms with Crippen LogP contribution in [0.5, 0.6) is 0 Å². The lowest BCUT2D eigenvalue weighted by Crippen LogP contribution is -3.26. The van der Waals surface area contributed by atoms with E-state index in [1.165, 1.54) is 37.0 Å². The number of hydrogen-bond acceptors (Lipinski definition) is 5. The molecule has 1 saturated carbocycles. The van der Waals surface area contributed by atoms with Crippen LogP contribution in [-0.2, 0) is 14.3 Å². The predicted molar refractivity (Wildman–Crippen MR) is 109 cm³/mol. The molecule has 0 aromatic carbocycles. The average molecular weight is 408 g/mol. The number of amides is 1. The minimum Gasteiger partial charge on any atom is -0.466 e. The Kier molecular flexibility index (Phi) is 6.47. The minimum atomic E-state index is -0.403. The van der Waals surface area contributed by atoms with Gasteiger partial charge in [0.05, 0.1) is 19.3 Å². The molecule has 7 heteroatoms. The number of likely N-dealkylation sites (tertiary alicyclic amines) is 1. The molecule has 1 amide bonds. The number of nitrogens with two attached hydrogens (primary N) is 1. The molecule has 7 nitrogen and oxygen atoms in total. The van der Waals surface area contributed by atoms with Crippen molar-refractivity contribution in [3.8, 4) is 0 Å². The Bertz CT molecular complexity index is 609. The van der Waals surface area contributed by atoms with Gasteiger partial charge in [-0.2, -0.15) is 0 Å². The van der Waals surface area contributed by atoms with Gasteiger partial charge in [-0.15, -0.1) is 0 Å². The predicted octanol–water partition coefficient (Wildman–Crippen LogP) is 0.450. The van der Waals surface area contributed by atoms with E-state index in [0.717, 1.165) is 25.9 Å². The van der Waals surface area contributed by atoms with Crippen LogP contribution in [0.4, 0.5) is 0 Å². The highest BCUT2D eigenvalue weighted by atomic mass is 16.5. The molecule has 1 aliphatic carbocycles. The van der Waals surface area contributed by atoms with Crippen molar-refractivity contribution in [1.82, 2.24) is 10.2 Å². The van der Waals surface area contributed by atoms with E-state index in [9.17, 15) is 9.59 Å². The molecule has 3 heterocycles. The van der Waals surface area contributed by atoms with E-state index in [2.05, 4.69) is 12.2 Å². The summed E-state index contributed by atoms with van der Waals surface area (Å²) >= 11 is 0. The van der Waals surface area contributed by atoms with E-state index in [-0.39, 0.29) is 36.3 Å². The maximum Gasteiger partial charge on any atom is 0.316 e. The van der Waals surface area contributed by atoms with Crippen LogP contribution >= 0.6 is 0 Å². The number of hydrogen-bond donors (Lipinski definition) is 3. The summed E-state index contributed by atoms with van der Waals surface area (Å²) in [6, 6.07) is 0. The second-order valence-corrected chi connectivity index (χ2v) is 9.84. The summed E-state index contributed by atoms with van der Waals surface area (Å²) in [4.78, 5) is 29.4.